The van der Waals surface area contributed by atoms with E-state index in [2.05, 4.69) is 55.7 Å². The highest BCUT2D eigenvalue weighted by Crippen LogP contribution is 2.13. The number of likely N-dealkylation sites (N-methyl/N-ethyl adjacent to an activating group) is 1. The number of nitrogens with one attached hydrogen (secondary N) is 2. The van der Waals surface area contributed by atoms with Gasteiger partial charge in [-0.05, 0) is 24.6 Å². The van der Waals surface area contributed by atoms with Gasteiger partial charge < -0.3 is 10.6 Å². The largest absolute Gasteiger partial charge is 0.313 e. The molecule has 0 radical (unpaired) electrons. The summed E-state index contributed by atoms with van der Waals surface area (Å²) in [5.74, 6) is 0. The maximum Gasteiger partial charge on any atom is 0.0444 e. The Morgan fingerprint density at radius 2 is 1.75 bits per heavy atom. The fraction of sp³-hybridized carbons (Fsp3) is 0.571. The number of hydrogen-bond acceptors (Lipinski definition) is 2. The standard InChI is InChI=1S/C14H24N2/c1-5-12-6-8-13(9-7-12)14(15-4)10-16-11(2)3/h6-9,11,14-16H,5,10H2,1-4H3. The van der Waals surface area contributed by atoms with Crippen LogP contribution in [-0.2, 0) is 6.42 Å². The molecule has 0 aliphatic carbocycles. The highest BCUT2D eigenvalue weighted by molar-refractivity contribution is 5.25. The van der Waals surface area contributed by atoms with E-state index in [0.717, 1.165) is 13.0 Å². The van der Waals surface area contributed by atoms with E-state index in [-0.39, 0.29) is 0 Å². The van der Waals surface area contributed by atoms with Crippen molar-refractivity contribution in [3.63, 3.8) is 0 Å². The van der Waals surface area contributed by atoms with E-state index >= 15 is 0 Å². The molecule has 1 rings (SSSR count). The zero-order valence-corrected chi connectivity index (χ0v) is 10.9. The summed E-state index contributed by atoms with van der Waals surface area (Å²) in [7, 11) is 2.01. The minimum Gasteiger partial charge on any atom is -0.313 e. The molecule has 0 aromatic heterocycles. The van der Waals surface area contributed by atoms with Crippen molar-refractivity contribution in [2.75, 3.05) is 13.6 Å². The summed E-state index contributed by atoms with van der Waals surface area (Å²) < 4.78 is 0. The molecule has 2 N–H and O–H groups in total. The van der Waals surface area contributed by atoms with Crippen LogP contribution < -0.4 is 10.6 Å². The molecule has 2 heteroatoms. The van der Waals surface area contributed by atoms with Gasteiger partial charge in [0.2, 0.25) is 0 Å². The van der Waals surface area contributed by atoms with Gasteiger partial charge in [0.05, 0.1) is 0 Å². The van der Waals surface area contributed by atoms with Crippen LogP contribution in [0.15, 0.2) is 24.3 Å². The van der Waals surface area contributed by atoms with Crippen molar-refractivity contribution in [3.8, 4) is 0 Å². The first kappa shape index (κ1) is 13.2. The van der Waals surface area contributed by atoms with E-state index in [1.54, 1.807) is 0 Å². The van der Waals surface area contributed by atoms with Crippen LogP contribution in [0.4, 0.5) is 0 Å². The second-order valence-electron chi connectivity index (χ2n) is 4.50. The maximum atomic E-state index is 3.46. The average molecular weight is 220 g/mol. The van der Waals surface area contributed by atoms with Gasteiger partial charge >= 0.3 is 0 Å². The highest BCUT2D eigenvalue weighted by Gasteiger charge is 2.08. The van der Waals surface area contributed by atoms with Crippen LogP contribution >= 0.6 is 0 Å². The lowest BCUT2D eigenvalue weighted by Crippen LogP contribution is -2.33. The first-order chi connectivity index (χ1) is 7.67. The molecule has 0 aliphatic rings. The third-order valence-electron chi connectivity index (χ3n) is 2.87. The fourth-order valence-electron chi connectivity index (χ4n) is 1.73. The van der Waals surface area contributed by atoms with Crippen molar-refractivity contribution >= 4 is 0 Å². The van der Waals surface area contributed by atoms with Gasteiger partial charge in [-0.3, -0.25) is 0 Å². The van der Waals surface area contributed by atoms with Gasteiger partial charge in [-0.1, -0.05) is 45.0 Å². The first-order valence-electron chi connectivity index (χ1n) is 6.16. The van der Waals surface area contributed by atoms with Gasteiger partial charge in [-0.25, -0.2) is 0 Å². The molecule has 0 spiro atoms. The van der Waals surface area contributed by atoms with E-state index in [1.165, 1.54) is 11.1 Å². The lowest BCUT2D eigenvalue weighted by molar-refractivity contribution is 0.491. The van der Waals surface area contributed by atoms with Crippen LogP contribution in [0, 0.1) is 0 Å². The van der Waals surface area contributed by atoms with Crippen molar-refractivity contribution in [1.29, 1.82) is 0 Å². The van der Waals surface area contributed by atoms with Crippen molar-refractivity contribution in [2.24, 2.45) is 0 Å². The highest BCUT2D eigenvalue weighted by atomic mass is 15.0. The fourth-order valence-corrected chi connectivity index (χ4v) is 1.73. The summed E-state index contributed by atoms with van der Waals surface area (Å²) in [4.78, 5) is 0. The van der Waals surface area contributed by atoms with Gasteiger partial charge in [0, 0.05) is 18.6 Å². The number of benzene rings is 1. The molecule has 0 saturated carbocycles. The molecular weight excluding hydrogens is 196 g/mol. The average Bonchev–Trinajstić information content (AvgIpc) is 2.30. The molecular formula is C14H24N2. The topological polar surface area (TPSA) is 24.1 Å². The molecule has 16 heavy (non-hydrogen) atoms. The Morgan fingerprint density at radius 1 is 1.12 bits per heavy atom. The summed E-state index contributed by atoms with van der Waals surface area (Å²) in [5, 5.41) is 6.81. The van der Waals surface area contributed by atoms with E-state index in [9.17, 15) is 0 Å². The summed E-state index contributed by atoms with van der Waals surface area (Å²) in [6.07, 6.45) is 1.11. The SMILES string of the molecule is CCc1ccc(C(CNC(C)C)NC)cc1. The van der Waals surface area contributed by atoms with Gasteiger partial charge in [0.1, 0.15) is 0 Å². The zero-order valence-electron chi connectivity index (χ0n) is 10.9. The molecule has 0 amide bonds. The monoisotopic (exact) mass is 220 g/mol. The molecule has 0 fully saturated rings. The van der Waals surface area contributed by atoms with Crippen LogP contribution in [0.3, 0.4) is 0 Å². The predicted molar refractivity (Wildman–Crippen MR) is 70.8 cm³/mol. The molecule has 90 valence electrons. The van der Waals surface area contributed by atoms with Crippen LogP contribution in [0.25, 0.3) is 0 Å². The molecule has 1 atom stereocenters. The van der Waals surface area contributed by atoms with E-state index in [4.69, 9.17) is 0 Å². The number of aryl methyl sites for hydroxylation is 1. The smallest absolute Gasteiger partial charge is 0.0444 e. The summed E-state index contributed by atoms with van der Waals surface area (Å²) in [5.41, 5.74) is 2.75. The summed E-state index contributed by atoms with van der Waals surface area (Å²) in [6, 6.07) is 9.81. The van der Waals surface area contributed by atoms with Crippen LogP contribution in [-0.4, -0.2) is 19.6 Å². The third-order valence-corrected chi connectivity index (χ3v) is 2.87. The summed E-state index contributed by atoms with van der Waals surface area (Å²) in [6.45, 7) is 7.50. The van der Waals surface area contributed by atoms with Crippen molar-refractivity contribution < 1.29 is 0 Å². The Bertz CT molecular complexity index is 290. The first-order valence-corrected chi connectivity index (χ1v) is 6.16. The Hall–Kier alpha value is -0.860. The second kappa shape index (κ2) is 6.66. The number of rotatable bonds is 6. The van der Waals surface area contributed by atoms with E-state index in [1.807, 2.05) is 7.05 Å². The quantitative estimate of drug-likeness (QED) is 0.770. The minimum atomic E-state index is 0.397. The van der Waals surface area contributed by atoms with Gasteiger partial charge in [0.25, 0.3) is 0 Å². The second-order valence-corrected chi connectivity index (χ2v) is 4.50. The van der Waals surface area contributed by atoms with Crippen molar-refractivity contribution in [2.45, 2.75) is 39.3 Å². The summed E-state index contributed by atoms with van der Waals surface area (Å²) >= 11 is 0. The molecule has 0 saturated heterocycles. The normalized spacial score (nSPS) is 13.1. The molecule has 2 nitrogen and oxygen atoms in total. The molecule has 0 bridgehead atoms. The van der Waals surface area contributed by atoms with Crippen molar-refractivity contribution in [3.05, 3.63) is 35.4 Å². The van der Waals surface area contributed by atoms with Crippen LogP contribution in [0.1, 0.15) is 37.9 Å². The predicted octanol–water partition coefficient (Wildman–Crippen LogP) is 2.51. The van der Waals surface area contributed by atoms with E-state index < -0.39 is 0 Å². The molecule has 1 unspecified atom stereocenters. The maximum absolute atomic E-state index is 3.46. The van der Waals surface area contributed by atoms with Gasteiger partial charge in [-0.2, -0.15) is 0 Å². The molecule has 1 aromatic carbocycles. The van der Waals surface area contributed by atoms with Crippen LogP contribution in [0.5, 0.6) is 0 Å². The van der Waals surface area contributed by atoms with E-state index in [0.29, 0.717) is 12.1 Å². The zero-order chi connectivity index (χ0) is 12.0. The lowest BCUT2D eigenvalue weighted by Gasteiger charge is -2.19. The minimum absolute atomic E-state index is 0.397. The van der Waals surface area contributed by atoms with Crippen molar-refractivity contribution in [1.82, 2.24) is 10.6 Å². The van der Waals surface area contributed by atoms with Crippen LogP contribution in [0.2, 0.25) is 0 Å². The molecule has 0 aliphatic heterocycles. The van der Waals surface area contributed by atoms with Gasteiger partial charge in [0.15, 0.2) is 0 Å². The Kier molecular flexibility index (Phi) is 5.50. The Balaban J connectivity index is 2.63. The Morgan fingerprint density at radius 3 is 2.19 bits per heavy atom. The third kappa shape index (κ3) is 3.95. The van der Waals surface area contributed by atoms with Gasteiger partial charge in [-0.15, -0.1) is 0 Å². The lowest BCUT2D eigenvalue weighted by atomic mass is 10.0. The molecule has 0 heterocycles. The Labute approximate surface area is 99.5 Å². The number of hydrogen-bond donors (Lipinski definition) is 2. The molecule has 1 aromatic rings.